The number of fused-ring (bicyclic) bond motifs is 1. The van der Waals surface area contributed by atoms with Crippen molar-refractivity contribution in [3.63, 3.8) is 0 Å². The Bertz CT molecular complexity index is 937. The first-order valence-corrected chi connectivity index (χ1v) is 8.72. The highest BCUT2D eigenvalue weighted by Crippen LogP contribution is 2.31. The number of nitrogens with one attached hydrogen (secondary N) is 1. The van der Waals surface area contributed by atoms with Crippen LogP contribution in [0.3, 0.4) is 0 Å². The summed E-state index contributed by atoms with van der Waals surface area (Å²) in [7, 11) is 0. The quantitative estimate of drug-likeness (QED) is 0.731. The molecular formula is C21H19N3O2. The van der Waals surface area contributed by atoms with Crippen LogP contribution in [0, 0.1) is 0 Å². The van der Waals surface area contributed by atoms with Crippen LogP contribution in [0.15, 0.2) is 54.6 Å². The number of benzene rings is 2. The van der Waals surface area contributed by atoms with Gasteiger partial charge in [0.25, 0.3) is 0 Å². The van der Waals surface area contributed by atoms with Crippen LogP contribution in [0.1, 0.15) is 23.2 Å². The first kappa shape index (κ1) is 16.3. The number of aliphatic carboxylic acids is 1. The third-order valence-electron chi connectivity index (χ3n) is 4.54. The molecule has 2 aromatic carbocycles. The average Bonchev–Trinajstić information content (AvgIpc) is 3.12. The van der Waals surface area contributed by atoms with E-state index in [-0.39, 0.29) is 6.42 Å². The first-order valence-electron chi connectivity index (χ1n) is 8.72. The number of carbonyl (C=O) groups is 1. The number of carboxylic acid groups (broad SMARTS) is 1. The van der Waals surface area contributed by atoms with Gasteiger partial charge >= 0.3 is 5.97 Å². The van der Waals surface area contributed by atoms with Gasteiger partial charge in [-0.05, 0) is 37.0 Å². The van der Waals surface area contributed by atoms with Crippen LogP contribution < -0.4 is 5.32 Å². The Labute approximate surface area is 151 Å². The number of aryl methyl sites for hydroxylation is 1. The number of aromatic nitrogens is 2. The molecule has 0 amide bonds. The fraction of sp³-hybridized carbons (Fsp3) is 0.190. The van der Waals surface area contributed by atoms with Crippen LogP contribution in [-0.2, 0) is 24.1 Å². The largest absolute Gasteiger partial charge is 0.481 e. The molecule has 5 nitrogen and oxygen atoms in total. The fourth-order valence-corrected chi connectivity index (χ4v) is 3.27. The zero-order valence-electron chi connectivity index (χ0n) is 14.3. The Morgan fingerprint density at radius 1 is 1.00 bits per heavy atom. The van der Waals surface area contributed by atoms with Crippen molar-refractivity contribution in [1.82, 2.24) is 9.97 Å². The second kappa shape index (κ2) is 6.96. The van der Waals surface area contributed by atoms with Gasteiger partial charge in [-0.1, -0.05) is 42.5 Å². The molecule has 0 saturated heterocycles. The highest BCUT2D eigenvalue weighted by atomic mass is 16.4. The van der Waals surface area contributed by atoms with E-state index in [4.69, 9.17) is 15.1 Å². The topological polar surface area (TPSA) is 75.1 Å². The molecule has 0 spiro atoms. The van der Waals surface area contributed by atoms with Gasteiger partial charge in [0.15, 0.2) is 5.82 Å². The van der Waals surface area contributed by atoms with Crippen molar-refractivity contribution in [2.45, 2.75) is 25.7 Å². The predicted octanol–water partition coefficient (Wildman–Crippen LogP) is 4.00. The van der Waals surface area contributed by atoms with Gasteiger partial charge in [0.1, 0.15) is 5.82 Å². The Morgan fingerprint density at radius 3 is 2.50 bits per heavy atom. The molecule has 0 atom stereocenters. The molecule has 1 aliphatic carbocycles. The Balaban J connectivity index is 1.65. The predicted molar refractivity (Wildman–Crippen MR) is 101 cm³/mol. The molecule has 1 heterocycles. The van der Waals surface area contributed by atoms with Crippen molar-refractivity contribution in [3.8, 4) is 11.4 Å². The highest BCUT2D eigenvalue weighted by Gasteiger charge is 2.20. The molecule has 5 heteroatoms. The summed E-state index contributed by atoms with van der Waals surface area (Å²) >= 11 is 0. The van der Waals surface area contributed by atoms with Crippen molar-refractivity contribution in [1.29, 1.82) is 0 Å². The molecule has 1 aliphatic rings. The smallest absolute Gasteiger partial charge is 0.307 e. The van der Waals surface area contributed by atoms with Crippen molar-refractivity contribution >= 4 is 17.5 Å². The summed E-state index contributed by atoms with van der Waals surface area (Å²) in [5.74, 6) is 0.750. The SMILES string of the molecule is O=C(O)Cc1ccc(Nc2nc(-c3ccccc3)nc3c2CCC3)cc1. The van der Waals surface area contributed by atoms with Gasteiger partial charge in [-0.2, -0.15) is 0 Å². The number of carboxylic acids is 1. The summed E-state index contributed by atoms with van der Waals surface area (Å²) < 4.78 is 0. The maximum atomic E-state index is 10.8. The second-order valence-electron chi connectivity index (χ2n) is 6.43. The summed E-state index contributed by atoms with van der Waals surface area (Å²) in [5.41, 5.74) is 4.97. The normalized spacial score (nSPS) is 12.6. The molecule has 0 aliphatic heterocycles. The van der Waals surface area contributed by atoms with E-state index in [1.165, 1.54) is 5.56 Å². The summed E-state index contributed by atoms with van der Waals surface area (Å²) in [5, 5.41) is 12.3. The van der Waals surface area contributed by atoms with Crippen LogP contribution in [0.2, 0.25) is 0 Å². The lowest BCUT2D eigenvalue weighted by Gasteiger charge is -2.13. The molecule has 0 fully saturated rings. The third kappa shape index (κ3) is 3.42. The minimum Gasteiger partial charge on any atom is -0.481 e. The highest BCUT2D eigenvalue weighted by molar-refractivity contribution is 5.71. The summed E-state index contributed by atoms with van der Waals surface area (Å²) in [6.07, 6.45) is 3.07. The second-order valence-corrected chi connectivity index (χ2v) is 6.43. The van der Waals surface area contributed by atoms with Crippen LogP contribution in [0.4, 0.5) is 11.5 Å². The van der Waals surface area contributed by atoms with E-state index in [9.17, 15) is 4.79 Å². The molecule has 0 radical (unpaired) electrons. The number of rotatable bonds is 5. The molecule has 1 aromatic heterocycles. The van der Waals surface area contributed by atoms with Crippen molar-refractivity contribution in [2.75, 3.05) is 5.32 Å². The van der Waals surface area contributed by atoms with Crippen LogP contribution in [-0.4, -0.2) is 21.0 Å². The minimum atomic E-state index is -0.827. The number of nitrogens with zero attached hydrogens (tertiary/aromatic N) is 2. The molecule has 130 valence electrons. The maximum absolute atomic E-state index is 10.8. The molecule has 0 bridgehead atoms. The third-order valence-corrected chi connectivity index (χ3v) is 4.54. The monoisotopic (exact) mass is 345 g/mol. The maximum Gasteiger partial charge on any atom is 0.307 e. The van der Waals surface area contributed by atoms with Crippen molar-refractivity contribution < 1.29 is 9.90 Å². The lowest BCUT2D eigenvalue weighted by molar-refractivity contribution is -0.136. The van der Waals surface area contributed by atoms with E-state index in [1.54, 1.807) is 0 Å². The standard InChI is InChI=1S/C21H19N3O2/c25-19(26)13-14-9-11-16(12-10-14)22-21-17-7-4-8-18(17)23-20(24-21)15-5-2-1-3-6-15/h1-3,5-6,9-12H,4,7-8,13H2,(H,25,26)(H,22,23,24). The summed E-state index contributed by atoms with van der Waals surface area (Å²) in [6.45, 7) is 0. The van der Waals surface area contributed by atoms with E-state index in [1.807, 2.05) is 54.6 Å². The van der Waals surface area contributed by atoms with E-state index < -0.39 is 5.97 Å². The minimum absolute atomic E-state index is 0.0291. The molecule has 0 saturated carbocycles. The Morgan fingerprint density at radius 2 is 1.77 bits per heavy atom. The van der Waals surface area contributed by atoms with Gasteiger partial charge in [0, 0.05) is 22.5 Å². The van der Waals surface area contributed by atoms with Gasteiger partial charge in [-0.3, -0.25) is 4.79 Å². The Hall–Kier alpha value is -3.21. The number of anilines is 2. The first-order chi connectivity index (χ1) is 12.7. The van der Waals surface area contributed by atoms with Gasteiger partial charge in [0.2, 0.25) is 0 Å². The van der Waals surface area contributed by atoms with Gasteiger partial charge < -0.3 is 10.4 Å². The summed E-state index contributed by atoms with van der Waals surface area (Å²) in [6, 6.07) is 17.4. The lowest BCUT2D eigenvalue weighted by atomic mass is 10.1. The van der Waals surface area contributed by atoms with Crippen molar-refractivity contribution in [2.24, 2.45) is 0 Å². The van der Waals surface area contributed by atoms with E-state index >= 15 is 0 Å². The fourth-order valence-electron chi connectivity index (χ4n) is 3.27. The van der Waals surface area contributed by atoms with Crippen LogP contribution in [0.25, 0.3) is 11.4 Å². The molecular weight excluding hydrogens is 326 g/mol. The van der Waals surface area contributed by atoms with E-state index in [2.05, 4.69) is 5.32 Å². The van der Waals surface area contributed by atoms with Gasteiger partial charge in [0.05, 0.1) is 6.42 Å². The molecule has 3 aromatic rings. The van der Waals surface area contributed by atoms with Gasteiger partial charge in [-0.25, -0.2) is 9.97 Å². The molecule has 2 N–H and O–H groups in total. The summed E-state index contributed by atoms with van der Waals surface area (Å²) in [4.78, 5) is 20.3. The number of hydrogen-bond acceptors (Lipinski definition) is 4. The van der Waals surface area contributed by atoms with Crippen molar-refractivity contribution in [3.05, 3.63) is 71.4 Å². The lowest BCUT2D eigenvalue weighted by Crippen LogP contribution is -2.04. The van der Waals surface area contributed by atoms with Crippen LogP contribution in [0.5, 0.6) is 0 Å². The zero-order chi connectivity index (χ0) is 17.9. The van der Waals surface area contributed by atoms with Gasteiger partial charge in [-0.15, -0.1) is 0 Å². The van der Waals surface area contributed by atoms with E-state index in [0.29, 0.717) is 0 Å². The Kier molecular flexibility index (Phi) is 4.35. The molecule has 26 heavy (non-hydrogen) atoms. The number of hydrogen-bond donors (Lipinski definition) is 2. The van der Waals surface area contributed by atoms with E-state index in [0.717, 1.165) is 53.4 Å². The zero-order valence-corrected chi connectivity index (χ0v) is 14.3. The molecule has 4 rings (SSSR count). The van der Waals surface area contributed by atoms with Crippen LogP contribution >= 0.6 is 0 Å². The average molecular weight is 345 g/mol. The molecule has 0 unspecified atom stereocenters.